The van der Waals surface area contributed by atoms with Crippen LogP contribution in [-0.4, -0.2) is 48.9 Å². The standard InChI is InChI=1S/C15H9F4NO6/c1-25-13(23)15(14(24)26-2)3-4(15)20-11(21)5-6(12(20)22)8(17)10(19)9(18)7(5)16/h4H,3H2,1-2H3. The van der Waals surface area contributed by atoms with E-state index in [9.17, 15) is 36.7 Å². The number of hydrogen-bond acceptors (Lipinski definition) is 6. The fourth-order valence-corrected chi connectivity index (χ4v) is 3.09. The molecule has 0 bridgehead atoms. The van der Waals surface area contributed by atoms with Crippen molar-refractivity contribution in [2.45, 2.75) is 12.5 Å². The van der Waals surface area contributed by atoms with E-state index in [-0.39, 0.29) is 4.90 Å². The van der Waals surface area contributed by atoms with Crippen LogP contribution in [0.15, 0.2) is 0 Å². The van der Waals surface area contributed by atoms with E-state index in [1.807, 2.05) is 0 Å². The molecule has 1 heterocycles. The van der Waals surface area contributed by atoms with E-state index in [0.717, 1.165) is 14.2 Å². The van der Waals surface area contributed by atoms with Gasteiger partial charge in [0.2, 0.25) is 0 Å². The van der Waals surface area contributed by atoms with Crippen LogP contribution >= 0.6 is 0 Å². The molecule has 1 atom stereocenters. The Kier molecular flexibility index (Phi) is 3.78. The van der Waals surface area contributed by atoms with Gasteiger partial charge in [0.15, 0.2) is 28.7 Å². The molecule has 1 aromatic rings. The third-order valence-electron chi connectivity index (χ3n) is 4.47. The minimum atomic E-state index is -2.26. The Morgan fingerprint density at radius 2 is 1.27 bits per heavy atom. The quantitative estimate of drug-likeness (QED) is 0.195. The number of halogens is 4. The number of fused-ring (bicyclic) bond motifs is 1. The summed E-state index contributed by atoms with van der Waals surface area (Å²) in [4.78, 5) is 48.8. The minimum Gasteiger partial charge on any atom is -0.468 e. The summed E-state index contributed by atoms with van der Waals surface area (Å²) in [6.45, 7) is 0. The average molecular weight is 375 g/mol. The molecule has 7 nitrogen and oxygen atoms in total. The van der Waals surface area contributed by atoms with Gasteiger partial charge in [-0.1, -0.05) is 0 Å². The van der Waals surface area contributed by atoms with Crippen LogP contribution in [0, 0.1) is 28.7 Å². The zero-order valence-corrected chi connectivity index (χ0v) is 13.2. The van der Waals surface area contributed by atoms with E-state index < -0.39 is 76.0 Å². The smallest absolute Gasteiger partial charge is 0.325 e. The lowest BCUT2D eigenvalue weighted by molar-refractivity contribution is -0.161. The van der Waals surface area contributed by atoms with Gasteiger partial charge in [0.25, 0.3) is 11.8 Å². The second kappa shape index (κ2) is 5.51. The number of imide groups is 1. The zero-order chi connectivity index (χ0) is 19.5. The van der Waals surface area contributed by atoms with Gasteiger partial charge in [-0.3, -0.25) is 24.1 Å². The maximum absolute atomic E-state index is 13.9. The molecule has 2 aliphatic rings. The maximum atomic E-state index is 13.9. The number of esters is 2. The number of benzene rings is 1. The molecule has 26 heavy (non-hydrogen) atoms. The molecule has 0 aromatic heterocycles. The highest BCUT2D eigenvalue weighted by Gasteiger charge is 2.73. The molecule has 0 N–H and O–H groups in total. The number of amides is 2. The van der Waals surface area contributed by atoms with Gasteiger partial charge in [-0.2, -0.15) is 0 Å². The Morgan fingerprint density at radius 1 is 0.885 bits per heavy atom. The number of carbonyl (C=O) groups is 4. The molecule has 0 saturated heterocycles. The zero-order valence-electron chi connectivity index (χ0n) is 13.2. The van der Waals surface area contributed by atoms with Gasteiger partial charge < -0.3 is 9.47 Å². The molecule has 11 heteroatoms. The summed E-state index contributed by atoms with van der Waals surface area (Å²) in [6.07, 6.45) is -0.425. The Hall–Kier alpha value is -2.98. The van der Waals surface area contributed by atoms with E-state index >= 15 is 0 Å². The first-order valence-electron chi connectivity index (χ1n) is 7.05. The summed E-state index contributed by atoms with van der Waals surface area (Å²) < 4.78 is 63.5. The first-order valence-corrected chi connectivity index (χ1v) is 7.05. The lowest BCUT2D eigenvalue weighted by Gasteiger charge is -2.18. The van der Waals surface area contributed by atoms with Crippen LogP contribution in [0.5, 0.6) is 0 Å². The molecule has 0 spiro atoms. The summed E-state index contributed by atoms with van der Waals surface area (Å²) in [5.74, 6) is -13.9. The van der Waals surface area contributed by atoms with Gasteiger partial charge in [0, 0.05) is 0 Å². The Labute approximate surface area is 142 Å². The van der Waals surface area contributed by atoms with Gasteiger partial charge >= 0.3 is 11.9 Å². The highest BCUT2D eigenvalue weighted by atomic mass is 19.2. The largest absolute Gasteiger partial charge is 0.468 e. The number of rotatable bonds is 3. The topological polar surface area (TPSA) is 90.0 Å². The Morgan fingerprint density at radius 3 is 1.62 bits per heavy atom. The molecule has 0 radical (unpaired) electrons. The van der Waals surface area contributed by atoms with E-state index in [4.69, 9.17) is 0 Å². The van der Waals surface area contributed by atoms with E-state index in [1.165, 1.54) is 0 Å². The fraction of sp³-hybridized carbons (Fsp3) is 0.333. The van der Waals surface area contributed by atoms with Gasteiger partial charge in [0.1, 0.15) is 0 Å². The van der Waals surface area contributed by atoms with Crippen LogP contribution in [0.25, 0.3) is 0 Å². The lowest BCUT2D eigenvalue weighted by atomic mass is 10.1. The predicted molar refractivity (Wildman–Crippen MR) is 71.6 cm³/mol. The number of hydrogen-bond donors (Lipinski definition) is 0. The SMILES string of the molecule is COC(=O)C1(C(=O)OC)CC1N1C(=O)c2c(F)c(F)c(F)c(F)c2C1=O. The van der Waals surface area contributed by atoms with Crippen molar-refractivity contribution in [2.24, 2.45) is 5.41 Å². The van der Waals surface area contributed by atoms with E-state index in [1.54, 1.807) is 0 Å². The summed E-state index contributed by atoms with van der Waals surface area (Å²) in [7, 11) is 1.88. The lowest BCUT2D eigenvalue weighted by Crippen LogP contribution is -2.41. The third kappa shape index (κ3) is 1.93. The molecule has 3 rings (SSSR count). The van der Waals surface area contributed by atoms with E-state index in [2.05, 4.69) is 9.47 Å². The number of ether oxygens (including phenoxy) is 2. The fourth-order valence-electron chi connectivity index (χ4n) is 3.09. The van der Waals surface area contributed by atoms with Crippen LogP contribution in [0.3, 0.4) is 0 Å². The van der Waals surface area contributed by atoms with E-state index in [0.29, 0.717) is 0 Å². The van der Waals surface area contributed by atoms with Gasteiger partial charge in [0.05, 0.1) is 31.4 Å². The molecule has 1 aromatic carbocycles. The molecular weight excluding hydrogens is 366 g/mol. The molecular formula is C15H9F4NO6. The number of carbonyl (C=O) groups excluding carboxylic acids is 4. The Bertz CT molecular complexity index is 836. The van der Waals surface area contributed by atoms with Crippen LogP contribution in [-0.2, 0) is 19.1 Å². The average Bonchev–Trinajstić information content (AvgIpc) is 3.31. The Balaban J connectivity index is 2.11. The van der Waals surface area contributed by atoms with Crippen molar-refractivity contribution in [1.82, 2.24) is 4.90 Å². The summed E-state index contributed by atoms with van der Waals surface area (Å²) >= 11 is 0. The molecule has 1 aliphatic heterocycles. The second-order valence-electron chi connectivity index (χ2n) is 5.66. The highest BCUT2D eigenvalue weighted by molar-refractivity contribution is 6.23. The van der Waals surface area contributed by atoms with Crippen molar-refractivity contribution in [3.05, 3.63) is 34.4 Å². The van der Waals surface area contributed by atoms with Gasteiger partial charge in [-0.05, 0) is 6.42 Å². The molecule has 1 aliphatic carbocycles. The maximum Gasteiger partial charge on any atom is 0.325 e. The first-order chi connectivity index (χ1) is 12.1. The number of methoxy groups -OCH3 is 2. The van der Waals surface area contributed by atoms with Crippen LogP contribution in [0.1, 0.15) is 27.1 Å². The van der Waals surface area contributed by atoms with Crippen molar-refractivity contribution >= 4 is 23.8 Å². The van der Waals surface area contributed by atoms with Crippen LogP contribution in [0.2, 0.25) is 0 Å². The molecule has 2 amide bonds. The molecule has 1 saturated carbocycles. The first kappa shape index (κ1) is 17.8. The van der Waals surface area contributed by atoms with Crippen molar-refractivity contribution in [3.63, 3.8) is 0 Å². The normalized spacial score (nSPS) is 20.1. The van der Waals surface area contributed by atoms with Crippen molar-refractivity contribution in [3.8, 4) is 0 Å². The van der Waals surface area contributed by atoms with Crippen molar-refractivity contribution in [1.29, 1.82) is 0 Å². The minimum absolute atomic E-state index is 0.212. The summed E-state index contributed by atoms with van der Waals surface area (Å²) in [5, 5.41) is 0. The summed E-state index contributed by atoms with van der Waals surface area (Å²) in [5.41, 5.74) is -4.68. The van der Waals surface area contributed by atoms with Crippen LogP contribution in [0.4, 0.5) is 17.6 Å². The van der Waals surface area contributed by atoms with Crippen LogP contribution < -0.4 is 0 Å². The molecule has 1 unspecified atom stereocenters. The van der Waals surface area contributed by atoms with Crippen molar-refractivity contribution < 1.29 is 46.2 Å². The third-order valence-corrected chi connectivity index (χ3v) is 4.47. The molecule has 1 fully saturated rings. The second-order valence-corrected chi connectivity index (χ2v) is 5.66. The summed E-state index contributed by atoms with van der Waals surface area (Å²) in [6, 6.07) is -1.47. The van der Waals surface area contributed by atoms with Gasteiger partial charge in [-0.25, -0.2) is 17.6 Å². The highest BCUT2D eigenvalue weighted by Crippen LogP contribution is 2.53. The monoisotopic (exact) mass is 375 g/mol. The predicted octanol–water partition coefficient (Wildman–Crippen LogP) is 0.944. The van der Waals surface area contributed by atoms with Crippen molar-refractivity contribution in [2.75, 3.05) is 14.2 Å². The molecule has 138 valence electrons. The number of nitrogens with zero attached hydrogens (tertiary/aromatic N) is 1. The van der Waals surface area contributed by atoms with Gasteiger partial charge in [-0.15, -0.1) is 0 Å².